The molecule has 0 unspecified atom stereocenters. The van der Waals surface area contributed by atoms with Crippen LogP contribution < -0.4 is 0 Å². The third-order valence-corrected chi connectivity index (χ3v) is 2.58. The first kappa shape index (κ1) is 10.9. The zero-order chi connectivity index (χ0) is 11.5. The van der Waals surface area contributed by atoms with Crippen LogP contribution in [0.3, 0.4) is 0 Å². The fraction of sp³-hybridized carbons (Fsp3) is 0.385. The van der Waals surface area contributed by atoms with E-state index in [2.05, 4.69) is 4.99 Å². The minimum Gasteiger partial charge on any atom is -0.454 e. The van der Waals surface area contributed by atoms with Crippen LogP contribution in [0.2, 0.25) is 0 Å². The largest absolute Gasteiger partial charge is 0.454 e. The molecule has 1 aromatic rings. The summed E-state index contributed by atoms with van der Waals surface area (Å²) in [6, 6.07) is 9.88. The standard InChI is InChI=1S/C13H15NO2/c1-9(2)13-12(14-8-11(15)16-13)10-6-4-3-5-7-10/h3-7,9,13H,8H2,1-2H3/t13-/m1/s1. The van der Waals surface area contributed by atoms with Crippen LogP contribution in [0.1, 0.15) is 19.4 Å². The van der Waals surface area contributed by atoms with Crippen LogP contribution in [-0.4, -0.2) is 24.3 Å². The molecule has 3 nitrogen and oxygen atoms in total. The molecule has 0 bridgehead atoms. The fourth-order valence-electron chi connectivity index (χ4n) is 1.79. The summed E-state index contributed by atoms with van der Waals surface area (Å²) in [6.07, 6.45) is -0.219. The highest BCUT2D eigenvalue weighted by atomic mass is 16.5. The second kappa shape index (κ2) is 4.47. The van der Waals surface area contributed by atoms with E-state index in [0.717, 1.165) is 11.3 Å². The van der Waals surface area contributed by atoms with Gasteiger partial charge in [-0.2, -0.15) is 0 Å². The van der Waals surface area contributed by atoms with E-state index in [1.807, 2.05) is 44.2 Å². The summed E-state index contributed by atoms with van der Waals surface area (Å²) in [5.74, 6) is 0.00147. The average molecular weight is 217 g/mol. The van der Waals surface area contributed by atoms with Gasteiger partial charge in [-0.3, -0.25) is 9.79 Å². The molecule has 0 N–H and O–H groups in total. The lowest BCUT2D eigenvalue weighted by atomic mass is 9.96. The molecule has 2 rings (SSSR count). The number of esters is 1. The maximum atomic E-state index is 11.2. The highest BCUT2D eigenvalue weighted by Crippen LogP contribution is 2.18. The molecule has 84 valence electrons. The molecule has 1 aliphatic rings. The van der Waals surface area contributed by atoms with Crippen molar-refractivity contribution in [2.24, 2.45) is 10.9 Å². The zero-order valence-corrected chi connectivity index (χ0v) is 9.51. The molecular weight excluding hydrogens is 202 g/mol. The number of carbonyl (C=O) groups excluding carboxylic acids is 1. The summed E-state index contributed by atoms with van der Waals surface area (Å²) in [5.41, 5.74) is 1.92. The molecule has 0 radical (unpaired) electrons. The van der Waals surface area contributed by atoms with E-state index in [0.29, 0.717) is 0 Å². The van der Waals surface area contributed by atoms with E-state index in [-0.39, 0.29) is 24.5 Å². The van der Waals surface area contributed by atoms with E-state index < -0.39 is 0 Å². The van der Waals surface area contributed by atoms with Gasteiger partial charge >= 0.3 is 5.97 Å². The molecule has 0 spiro atoms. The number of carbonyl (C=O) groups is 1. The minimum atomic E-state index is -0.238. The van der Waals surface area contributed by atoms with Gasteiger partial charge in [-0.1, -0.05) is 44.2 Å². The Bertz CT molecular complexity index is 409. The predicted molar refractivity (Wildman–Crippen MR) is 62.6 cm³/mol. The number of hydrogen-bond donors (Lipinski definition) is 0. The lowest BCUT2D eigenvalue weighted by Gasteiger charge is -2.26. The van der Waals surface area contributed by atoms with Crippen molar-refractivity contribution in [3.63, 3.8) is 0 Å². The van der Waals surface area contributed by atoms with Crippen molar-refractivity contribution in [2.45, 2.75) is 20.0 Å². The lowest BCUT2D eigenvalue weighted by molar-refractivity contribution is -0.146. The number of rotatable bonds is 2. The Balaban J connectivity index is 2.34. The molecular formula is C13H15NO2. The maximum absolute atomic E-state index is 11.2. The van der Waals surface area contributed by atoms with Gasteiger partial charge < -0.3 is 4.74 Å². The summed E-state index contributed by atoms with van der Waals surface area (Å²) in [7, 11) is 0. The summed E-state index contributed by atoms with van der Waals surface area (Å²) < 4.78 is 5.35. The SMILES string of the molecule is CC(C)[C@H]1OC(=O)CN=C1c1ccccc1. The van der Waals surface area contributed by atoms with Crippen molar-refractivity contribution in [3.8, 4) is 0 Å². The van der Waals surface area contributed by atoms with Gasteiger partial charge in [-0.25, -0.2) is 0 Å². The lowest BCUT2D eigenvalue weighted by Crippen LogP contribution is -2.37. The smallest absolute Gasteiger partial charge is 0.328 e. The molecule has 1 heterocycles. The summed E-state index contributed by atoms with van der Waals surface area (Å²) in [6.45, 7) is 4.19. The molecule has 1 aromatic carbocycles. The van der Waals surface area contributed by atoms with Gasteiger partial charge in [0.25, 0.3) is 0 Å². The summed E-state index contributed by atoms with van der Waals surface area (Å²) in [4.78, 5) is 15.6. The molecule has 1 atom stereocenters. The van der Waals surface area contributed by atoms with Gasteiger partial charge in [0.2, 0.25) is 0 Å². The van der Waals surface area contributed by atoms with Crippen molar-refractivity contribution in [1.29, 1.82) is 0 Å². The Hall–Kier alpha value is -1.64. The molecule has 0 aliphatic carbocycles. The van der Waals surface area contributed by atoms with E-state index in [1.54, 1.807) is 0 Å². The number of aliphatic imine (C=N–C) groups is 1. The Kier molecular flexibility index (Phi) is 3.04. The predicted octanol–water partition coefficient (Wildman–Crippen LogP) is 2.06. The third kappa shape index (κ3) is 2.13. The molecule has 0 aromatic heterocycles. The van der Waals surface area contributed by atoms with Crippen LogP contribution in [0.5, 0.6) is 0 Å². The Labute approximate surface area is 95.2 Å². The van der Waals surface area contributed by atoms with Crippen LogP contribution in [0.15, 0.2) is 35.3 Å². The fourth-order valence-corrected chi connectivity index (χ4v) is 1.79. The van der Waals surface area contributed by atoms with Crippen molar-refractivity contribution >= 4 is 11.7 Å². The van der Waals surface area contributed by atoms with Crippen LogP contribution in [-0.2, 0) is 9.53 Å². The van der Waals surface area contributed by atoms with Gasteiger partial charge in [0.15, 0.2) is 0 Å². The summed E-state index contributed by atoms with van der Waals surface area (Å²) >= 11 is 0. The Morgan fingerprint density at radius 1 is 1.31 bits per heavy atom. The Morgan fingerprint density at radius 3 is 2.62 bits per heavy atom. The van der Waals surface area contributed by atoms with Crippen molar-refractivity contribution < 1.29 is 9.53 Å². The molecule has 0 fully saturated rings. The van der Waals surface area contributed by atoms with Crippen molar-refractivity contribution in [3.05, 3.63) is 35.9 Å². The van der Waals surface area contributed by atoms with Crippen molar-refractivity contribution in [1.82, 2.24) is 0 Å². The van der Waals surface area contributed by atoms with E-state index in [1.165, 1.54) is 0 Å². The highest BCUT2D eigenvalue weighted by Gasteiger charge is 2.28. The summed E-state index contributed by atoms with van der Waals surface area (Å²) in [5, 5.41) is 0. The second-order valence-corrected chi connectivity index (χ2v) is 4.22. The average Bonchev–Trinajstić information content (AvgIpc) is 2.30. The first-order valence-corrected chi connectivity index (χ1v) is 5.47. The monoisotopic (exact) mass is 217 g/mol. The van der Waals surface area contributed by atoms with Crippen LogP contribution in [0.25, 0.3) is 0 Å². The van der Waals surface area contributed by atoms with Crippen LogP contribution >= 0.6 is 0 Å². The Morgan fingerprint density at radius 2 is 2.00 bits per heavy atom. The van der Waals surface area contributed by atoms with Gasteiger partial charge in [-0.05, 0) is 11.5 Å². The number of benzene rings is 1. The van der Waals surface area contributed by atoms with Crippen molar-refractivity contribution in [2.75, 3.05) is 6.54 Å². The molecule has 1 aliphatic heterocycles. The molecule has 3 heteroatoms. The van der Waals surface area contributed by atoms with Crippen LogP contribution in [0.4, 0.5) is 0 Å². The van der Waals surface area contributed by atoms with Gasteiger partial charge in [-0.15, -0.1) is 0 Å². The van der Waals surface area contributed by atoms with E-state index in [4.69, 9.17) is 4.74 Å². The first-order chi connectivity index (χ1) is 7.68. The zero-order valence-electron chi connectivity index (χ0n) is 9.51. The highest BCUT2D eigenvalue weighted by molar-refractivity contribution is 6.06. The number of hydrogen-bond acceptors (Lipinski definition) is 3. The minimum absolute atomic E-state index is 0.132. The second-order valence-electron chi connectivity index (χ2n) is 4.22. The van der Waals surface area contributed by atoms with Gasteiger partial charge in [0.05, 0.1) is 5.71 Å². The van der Waals surface area contributed by atoms with E-state index in [9.17, 15) is 4.79 Å². The van der Waals surface area contributed by atoms with E-state index >= 15 is 0 Å². The van der Waals surface area contributed by atoms with Gasteiger partial charge in [0.1, 0.15) is 12.6 Å². The quantitative estimate of drug-likeness (QED) is 0.711. The number of cyclic esters (lactones) is 1. The normalized spacial score (nSPS) is 20.6. The first-order valence-electron chi connectivity index (χ1n) is 5.47. The van der Waals surface area contributed by atoms with Gasteiger partial charge in [0, 0.05) is 0 Å². The number of nitrogens with zero attached hydrogens (tertiary/aromatic N) is 1. The molecule has 0 amide bonds. The molecule has 0 saturated carbocycles. The topological polar surface area (TPSA) is 38.7 Å². The third-order valence-electron chi connectivity index (χ3n) is 2.58. The molecule has 0 saturated heterocycles. The van der Waals surface area contributed by atoms with Crippen LogP contribution in [0, 0.1) is 5.92 Å². The number of ether oxygens (including phenoxy) is 1. The maximum Gasteiger partial charge on any atom is 0.328 e. The molecule has 16 heavy (non-hydrogen) atoms.